The van der Waals surface area contributed by atoms with E-state index in [1.807, 2.05) is 19.2 Å². The second kappa shape index (κ2) is 8.08. The van der Waals surface area contributed by atoms with Gasteiger partial charge in [-0.2, -0.15) is 0 Å². The third kappa shape index (κ3) is 5.49. The van der Waals surface area contributed by atoms with Crippen LogP contribution in [-0.2, 0) is 9.53 Å². The van der Waals surface area contributed by atoms with Crippen LogP contribution in [-0.4, -0.2) is 24.6 Å². The minimum absolute atomic E-state index is 0.133. The molecule has 0 aromatic carbocycles. The number of hydrogen-bond acceptors (Lipinski definition) is 4. The minimum atomic E-state index is -0.133. The summed E-state index contributed by atoms with van der Waals surface area (Å²) in [5.74, 6) is 0.736. The van der Waals surface area contributed by atoms with E-state index in [1.165, 1.54) is 7.11 Å². The molecular weight excluding hydrogens is 296 g/mol. The van der Waals surface area contributed by atoms with E-state index in [4.69, 9.17) is 0 Å². The van der Waals surface area contributed by atoms with E-state index in [0.29, 0.717) is 6.42 Å². The van der Waals surface area contributed by atoms with Crippen molar-refractivity contribution in [1.29, 1.82) is 0 Å². The lowest BCUT2D eigenvalue weighted by Crippen LogP contribution is -2.05. The average molecular weight is 315 g/mol. The number of carbonyl (C=O) groups excluding carboxylic acids is 1. The summed E-state index contributed by atoms with van der Waals surface area (Å²) in [6.45, 7) is 2.87. The Morgan fingerprint density at radius 2 is 2.22 bits per heavy atom. The van der Waals surface area contributed by atoms with E-state index < -0.39 is 0 Å². The Labute approximate surface area is 116 Å². The molecule has 100 valence electrons. The molecule has 1 N–H and O–H groups in total. The van der Waals surface area contributed by atoms with Crippen LogP contribution in [0.3, 0.4) is 0 Å². The van der Waals surface area contributed by atoms with Crippen LogP contribution in [0.15, 0.2) is 16.7 Å². The molecule has 0 unspecified atom stereocenters. The third-order valence-electron chi connectivity index (χ3n) is 2.56. The molecule has 5 heteroatoms. The van der Waals surface area contributed by atoms with Crippen molar-refractivity contribution < 1.29 is 9.53 Å². The van der Waals surface area contributed by atoms with Crippen LogP contribution in [0.5, 0.6) is 0 Å². The smallest absolute Gasteiger partial charge is 0.305 e. The maximum absolute atomic E-state index is 10.9. The fraction of sp³-hybridized carbons (Fsp3) is 0.538. The van der Waals surface area contributed by atoms with Crippen molar-refractivity contribution in [3.8, 4) is 0 Å². The lowest BCUT2D eigenvalue weighted by Gasteiger charge is -2.07. The molecule has 0 radical (unpaired) electrons. The van der Waals surface area contributed by atoms with E-state index in [9.17, 15) is 4.79 Å². The van der Waals surface area contributed by atoms with Gasteiger partial charge in [0.2, 0.25) is 0 Å². The normalized spacial score (nSPS) is 10.2. The maximum atomic E-state index is 10.9. The summed E-state index contributed by atoms with van der Waals surface area (Å²) in [5.41, 5.74) is 1.13. The number of hydrogen-bond donors (Lipinski definition) is 1. The quantitative estimate of drug-likeness (QED) is 0.619. The van der Waals surface area contributed by atoms with Gasteiger partial charge in [0, 0.05) is 19.2 Å². The van der Waals surface area contributed by atoms with Gasteiger partial charge in [-0.15, -0.1) is 0 Å². The zero-order valence-corrected chi connectivity index (χ0v) is 12.4. The molecule has 0 aliphatic rings. The lowest BCUT2D eigenvalue weighted by molar-refractivity contribution is -0.140. The van der Waals surface area contributed by atoms with Crippen LogP contribution >= 0.6 is 15.9 Å². The van der Waals surface area contributed by atoms with Crippen LogP contribution in [0.2, 0.25) is 0 Å². The van der Waals surface area contributed by atoms with Crippen molar-refractivity contribution in [2.45, 2.75) is 32.6 Å². The molecule has 0 saturated carbocycles. The molecule has 1 rings (SSSR count). The predicted octanol–water partition coefficient (Wildman–Crippen LogP) is 3.30. The van der Waals surface area contributed by atoms with Crippen LogP contribution < -0.4 is 5.32 Å². The number of aryl methyl sites for hydroxylation is 1. The summed E-state index contributed by atoms with van der Waals surface area (Å²) in [6.07, 6.45) is 5.23. The van der Waals surface area contributed by atoms with Crippen molar-refractivity contribution in [3.05, 3.63) is 22.3 Å². The van der Waals surface area contributed by atoms with Crippen molar-refractivity contribution in [3.63, 3.8) is 0 Å². The molecule has 4 nitrogen and oxygen atoms in total. The molecule has 1 aromatic rings. The number of pyridine rings is 1. The van der Waals surface area contributed by atoms with Gasteiger partial charge in [0.25, 0.3) is 0 Å². The average Bonchev–Trinajstić information content (AvgIpc) is 2.35. The van der Waals surface area contributed by atoms with Gasteiger partial charge in [0.1, 0.15) is 5.82 Å². The van der Waals surface area contributed by atoms with Crippen molar-refractivity contribution in [2.24, 2.45) is 0 Å². The Hall–Kier alpha value is -1.10. The number of nitrogens with one attached hydrogen (secondary N) is 1. The van der Waals surface area contributed by atoms with Crippen LogP contribution in [0.25, 0.3) is 0 Å². The Kier molecular flexibility index (Phi) is 6.72. The highest BCUT2D eigenvalue weighted by Gasteiger charge is 2.01. The molecule has 0 atom stereocenters. The largest absolute Gasteiger partial charge is 0.469 e. The van der Waals surface area contributed by atoms with Gasteiger partial charge < -0.3 is 10.1 Å². The van der Waals surface area contributed by atoms with E-state index in [0.717, 1.165) is 41.7 Å². The SMILES string of the molecule is COC(=O)CCCCCNc1ncc(C)cc1Br. The first-order chi connectivity index (χ1) is 8.63. The minimum Gasteiger partial charge on any atom is -0.469 e. The van der Waals surface area contributed by atoms with E-state index in [1.54, 1.807) is 0 Å². The highest BCUT2D eigenvalue weighted by atomic mass is 79.9. The topological polar surface area (TPSA) is 51.2 Å². The van der Waals surface area contributed by atoms with Crippen LogP contribution in [0.1, 0.15) is 31.2 Å². The summed E-state index contributed by atoms with van der Waals surface area (Å²) in [4.78, 5) is 15.2. The third-order valence-corrected chi connectivity index (χ3v) is 3.16. The number of nitrogens with zero attached hydrogens (tertiary/aromatic N) is 1. The number of carbonyl (C=O) groups is 1. The summed E-state index contributed by atoms with van der Waals surface area (Å²) >= 11 is 3.47. The molecule has 0 fully saturated rings. The monoisotopic (exact) mass is 314 g/mol. The summed E-state index contributed by atoms with van der Waals surface area (Å²) < 4.78 is 5.57. The second-order valence-corrected chi connectivity index (χ2v) is 5.01. The van der Waals surface area contributed by atoms with Crippen LogP contribution in [0, 0.1) is 6.92 Å². The summed E-state index contributed by atoms with van der Waals surface area (Å²) in [7, 11) is 1.42. The lowest BCUT2D eigenvalue weighted by atomic mass is 10.2. The number of rotatable bonds is 7. The number of ether oxygens (including phenoxy) is 1. The van der Waals surface area contributed by atoms with Gasteiger partial charge in [-0.1, -0.05) is 6.42 Å². The first kappa shape index (κ1) is 15.0. The first-order valence-corrected chi connectivity index (χ1v) is 6.85. The molecule has 1 aromatic heterocycles. The van der Waals surface area contributed by atoms with Crippen molar-refractivity contribution in [2.75, 3.05) is 19.0 Å². The fourth-order valence-electron chi connectivity index (χ4n) is 1.54. The van der Waals surface area contributed by atoms with E-state index in [-0.39, 0.29) is 5.97 Å². The Morgan fingerprint density at radius 1 is 1.44 bits per heavy atom. The zero-order valence-electron chi connectivity index (χ0n) is 10.8. The molecule has 0 spiro atoms. The van der Waals surface area contributed by atoms with Gasteiger partial charge in [0.05, 0.1) is 11.6 Å². The molecule has 18 heavy (non-hydrogen) atoms. The van der Waals surface area contributed by atoms with Crippen molar-refractivity contribution in [1.82, 2.24) is 4.98 Å². The Balaban J connectivity index is 2.16. The van der Waals surface area contributed by atoms with Gasteiger partial charge in [0.15, 0.2) is 0 Å². The van der Waals surface area contributed by atoms with Gasteiger partial charge >= 0.3 is 5.97 Å². The second-order valence-electron chi connectivity index (χ2n) is 4.16. The molecule has 0 amide bonds. The molecule has 0 bridgehead atoms. The number of aromatic nitrogens is 1. The fourth-order valence-corrected chi connectivity index (χ4v) is 2.15. The van der Waals surface area contributed by atoms with Crippen LogP contribution in [0.4, 0.5) is 5.82 Å². The number of methoxy groups -OCH3 is 1. The standard InChI is InChI=1S/C13H19BrN2O2/c1-10-8-11(14)13(16-9-10)15-7-5-3-4-6-12(17)18-2/h8-9H,3-7H2,1-2H3,(H,15,16). The number of esters is 1. The highest BCUT2D eigenvalue weighted by molar-refractivity contribution is 9.10. The van der Waals surface area contributed by atoms with Gasteiger partial charge in [-0.05, 0) is 47.3 Å². The number of halogens is 1. The molecule has 1 heterocycles. The number of anilines is 1. The maximum Gasteiger partial charge on any atom is 0.305 e. The van der Waals surface area contributed by atoms with E-state index >= 15 is 0 Å². The molecular formula is C13H19BrN2O2. The highest BCUT2D eigenvalue weighted by Crippen LogP contribution is 2.20. The first-order valence-electron chi connectivity index (χ1n) is 6.06. The summed E-state index contributed by atoms with van der Waals surface area (Å²) in [5, 5.41) is 3.27. The number of unbranched alkanes of at least 4 members (excludes halogenated alkanes) is 2. The predicted molar refractivity (Wildman–Crippen MR) is 75.6 cm³/mol. The molecule has 0 aliphatic heterocycles. The van der Waals surface area contributed by atoms with Gasteiger partial charge in [-0.25, -0.2) is 4.98 Å². The van der Waals surface area contributed by atoms with E-state index in [2.05, 4.69) is 31.0 Å². The van der Waals surface area contributed by atoms with Gasteiger partial charge in [-0.3, -0.25) is 4.79 Å². The Morgan fingerprint density at radius 3 is 2.89 bits per heavy atom. The molecule has 0 aliphatic carbocycles. The summed E-state index contributed by atoms with van der Waals surface area (Å²) in [6, 6.07) is 2.03. The molecule has 0 saturated heterocycles. The Bertz CT molecular complexity index is 397. The zero-order chi connectivity index (χ0) is 13.4. The van der Waals surface area contributed by atoms with Crippen molar-refractivity contribution >= 4 is 27.7 Å².